The fourth-order valence-electron chi connectivity index (χ4n) is 2.22. The predicted octanol–water partition coefficient (Wildman–Crippen LogP) is 1.78. The lowest BCUT2D eigenvalue weighted by molar-refractivity contribution is -0.127. The van der Waals surface area contributed by atoms with Crippen molar-refractivity contribution in [2.75, 3.05) is 11.9 Å². The summed E-state index contributed by atoms with van der Waals surface area (Å²) in [5.41, 5.74) is 2.51. The molecular formula is C12H19N3O2. The minimum absolute atomic E-state index is 0.00346. The fourth-order valence-corrected chi connectivity index (χ4v) is 2.22. The van der Waals surface area contributed by atoms with Crippen LogP contribution in [0, 0.1) is 19.8 Å². The van der Waals surface area contributed by atoms with Crippen LogP contribution in [0.2, 0.25) is 0 Å². The Kier molecular flexibility index (Phi) is 3.47. The SMILES string of the molecule is Cc1n[nH]c(C)c1NC(=O)[C@@H]1CCCO[C@@H]1C. The Morgan fingerprint density at radius 2 is 2.29 bits per heavy atom. The Morgan fingerprint density at radius 3 is 2.88 bits per heavy atom. The zero-order valence-corrected chi connectivity index (χ0v) is 10.5. The third kappa shape index (κ3) is 2.49. The van der Waals surface area contributed by atoms with E-state index in [4.69, 9.17) is 4.74 Å². The number of carbonyl (C=O) groups is 1. The summed E-state index contributed by atoms with van der Waals surface area (Å²) < 4.78 is 5.51. The van der Waals surface area contributed by atoms with Crippen molar-refractivity contribution in [1.82, 2.24) is 10.2 Å². The lowest BCUT2D eigenvalue weighted by Gasteiger charge is -2.28. The summed E-state index contributed by atoms with van der Waals surface area (Å²) in [6.07, 6.45) is 1.84. The molecule has 0 bridgehead atoms. The maximum Gasteiger partial charge on any atom is 0.230 e. The second-order valence-electron chi connectivity index (χ2n) is 4.62. The van der Waals surface area contributed by atoms with Crippen molar-refractivity contribution in [1.29, 1.82) is 0 Å². The van der Waals surface area contributed by atoms with Gasteiger partial charge in [0.1, 0.15) is 0 Å². The molecule has 1 aliphatic rings. The number of aromatic nitrogens is 2. The van der Waals surface area contributed by atoms with Gasteiger partial charge >= 0.3 is 0 Å². The van der Waals surface area contributed by atoms with Crippen LogP contribution in [0.3, 0.4) is 0 Å². The average Bonchev–Trinajstić information content (AvgIpc) is 2.61. The van der Waals surface area contributed by atoms with E-state index in [9.17, 15) is 4.79 Å². The lowest BCUT2D eigenvalue weighted by Crippen LogP contribution is -2.36. The van der Waals surface area contributed by atoms with Crippen molar-refractivity contribution in [2.24, 2.45) is 5.92 Å². The first-order chi connectivity index (χ1) is 8.09. The minimum Gasteiger partial charge on any atom is -0.378 e. The molecule has 0 aromatic carbocycles. The maximum absolute atomic E-state index is 12.1. The van der Waals surface area contributed by atoms with Crippen LogP contribution in [-0.4, -0.2) is 28.8 Å². The minimum atomic E-state index is -0.0579. The molecule has 5 nitrogen and oxygen atoms in total. The predicted molar refractivity (Wildman–Crippen MR) is 64.8 cm³/mol. The van der Waals surface area contributed by atoms with Crippen LogP contribution < -0.4 is 5.32 Å². The van der Waals surface area contributed by atoms with Crippen molar-refractivity contribution in [2.45, 2.75) is 39.7 Å². The highest BCUT2D eigenvalue weighted by Gasteiger charge is 2.29. The molecule has 0 spiro atoms. The summed E-state index contributed by atoms with van der Waals surface area (Å²) in [4.78, 5) is 12.1. The van der Waals surface area contributed by atoms with Gasteiger partial charge in [0.05, 0.1) is 29.1 Å². The largest absolute Gasteiger partial charge is 0.378 e. The first-order valence-corrected chi connectivity index (χ1v) is 6.03. The molecule has 1 aromatic rings. The standard InChI is InChI=1S/C12H19N3O2/c1-7-11(8(2)15-14-7)13-12(16)10-5-4-6-17-9(10)3/h9-10H,4-6H2,1-3H3,(H,13,16)(H,14,15)/t9-,10-/m1/s1. The van der Waals surface area contributed by atoms with Crippen LogP contribution in [0.4, 0.5) is 5.69 Å². The van der Waals surface area contributed by atoms with Gasteiger partial charge in [0.25, 0.3) is 0 Å². The highest BCUT2D eigenvalue weighted by molar-refractivity contribution is 5.94. The zero-order chi connectivity index (χ0) is 12.4. The quantitative estimate of drug-likeness (QED) is 0.824. The second kappa shape index (κ2) is 4.87. The van der Waals surface area contributed by atoms with E-state index in [1.165, 1.54) is 0 Å². The Labute approximate surface area is 101 Å². The molecule has 0 saturated carbocycles. The third-order valence-corrected chi connectivity index (χ3v) is 3.32. The molecule has 2 heterocycles. The first-order valence-electron chi connectivity index (χ1n) is 6.03. The monoisotopic (exact) mass is 237 g/mol. The summed E-state index contributed by atoms with van der Waals surface area (Å²) in [6, 6.07) is 0. The average molecular weight is 237 g/mol. The van der Waals surface area contributed by atoms with Gasteiger partial charge in [0.2, 0.25) is 5.91 Å². The third-order valence-electron chi connectivity index (χ3n) is 3.32. The van der Waals surface area contributed by atoms with Crippen molar-refractivity contribution < 1.29 is 9.53 Å². The van der Waals surface area contributed by atoms with E-state index in [1.807, 2.05) is 20.8 Å². The molecule has 2 rings (SSSR count). The number of nitrogens with one attached hydrogen (secondary N) is 2. The van der Waals surface area contributed by atoms with Crippen molar-refractivity contribution >= 4 is 11.6 Å². The molecular weight excluding hydrogens is 218 g/mol. The molecule has 94 valence electrons. The van der Waals surface area contributed by atoms with Crippen molar-refractivity contribution in [3.05, 3.63) is 11.4 Å². The maximum atomic E-state index is 12.1. The molecule has 2 N–H and O–H groups in total. The number of hydrogen-bond acceptors (Lipinski definition) is 3. The van der Waals surface area contributed by atoms with E-state index in [1.54, 1.807) is 0 Å². The number of anilines is 1. The summed E-state index contributed by atoms with van der Waals surface area (Å²) in [5.74, 6) is -0.0257. The Hall–Kier alpha value is -1.36. The number of amides is 1. The van der Waals surface area contributed by atoms with E-state index >= 15 is 0 Å². The topological polar surface area (TPSA) is 67.0 Å². The van der Waals surface area contributed by atoms with Gasteiger partial charge in [0.15, 0.2) is 0 Å². The summed E-state index contributed by atoms with van der Waals surface area (Å²) in [5, 5.41) is 9.87. The summed E-state index contributed by atoms with van der Waals surface area (Å²) in [7, 11) is 0. The number of H-pyrrole nitrogens is 1. The number of aromatic amines is 1. The normalized spacial score (nSPS) is 24.6. The fraction of sp³-hybridized carbons (Fsp3) is 0.667. The Morgan fingerprint density at radius 1 is 1.53 bits per heavy atom. The molecule has 0 aliphatic carbocycles. The van der Waals surface area contributed by atoms with Crippen molar-refractivity contribution in [3.8, 4) is 0 Å². The van der Waals surface area contributed by atoms with Crippen LogP contribution in [0.5, 0.6) is 0 Å². The van der Waals surface area contributed by atoms with Gasteiger partial charge in [-0.05, 0) is 33.6 Å². The van der Waals surface area contributed by atoms with Gasteiger partial charge in [0, 0.05) is 6.61 Å². The van der Waals surface area contributed by atoms with Gasteiger partial charge in [-0.3, -0.25) is 9.89 Å². The molecule has 1 aliphatic heterocycles. The molecule has 0 radical (unpaired) electrons. The van der Waals surface area contributed by atoms with Crippen LogP contribution in [0.1, 0.15) is 31.2 Å². The lowest BCUT2D eigenvalue weighted by atomic mass is 9.94. The smallest absolute Gasteiger partial charge is 0.230 e. The van der Waals surface area contributed by atoms with E-state index < -0.39 is 0 Å². The number of nitrogens with zero attached hydrogens (tertiary/aromatic N) is 1. The highest BCUT2D eigenvalue weighted by atomic mass is 16.5. The van der Waals surface area contributed by atoms with Crippen molar-refractivity contribution in [3.63, 3.8) is 0 Å². The van der Waals surface area contributed by atoms with Gasteiger partial charge in [-0.1, -0.05) is 0 Å². The van der Waals surface area contributed by atoms with Gasteiger partial charge in [-0.15, -0.1) is 0 Å². The van der Waals surface area contributed by atoms with Crippen LogP contribution in [0.15, 0.2) is 0 Å². The van der Waals surface area contributed by atoms with E-state index in [0.29, 0.717) is 0 Å². The molecule has 5 heteroatoms. The van der Waals surface area contributed by atoms with E-state index in [0.717, 1.165) is 36.5 Å². The highest BCUT2D eigenvalue weighted by Crippen LogP contribution is 2.24. The van der Waals surface area contributed by atoms with Crippen LogP contribution in [-0.2, 0) is 9.53 Å². The number of ether oxygens (including phenoxy) is 1. The van der Waals surface area contributed by atoms with Gasteiger partial charge in [-0.25, -0.2) is 0 Å². The zero-order valence-electron chi connectivity index (χ0n) is 10.5. The van der Waals surface area contributed by atoms with Gasteiger partial charge in [-0.2, -0.15) is 5.10 Å². The molecule has 2 atom stereocenters. The van der Waals surface area contributed by atoms with Gasteiger partial charge < -0.3 is 10.1 Å². The molecule has 1 fully saturated rings. The number of hydrogen-bond donors (Lipinski definition) is 2. The van der Waals surface area contributed by atoms with Crippen LogP contribution in [0.25, 0.3) is 0 Å². The first kappa shape index (κ1) is 12.1. The molecule has 1 aromatic heterocycles. The number of carbonyl (C=O) groups excluding carboxylic acids is 1. The molecule has 17 heavy (non-hydrogen) atoms. The second-order valence-corrected chi connectivity index (χ2v) is 4.62. The molecule has 0 unspecified atom stereocenters. The number of rotatable bonds is 2. The summed E-state index contributed by atoms with van der Waals surface area (Å²) in [6.45, 7) is 6.49. The molecule has 1 amide bonds. The number of aryl methyl sites for hydroxylation is 2. The van der Waals surface area contributed by atoms with E-state index in [-0.39, 0.29) is 17.9 Å². The molecule has 1 saturated heterocycles. The van der Waals surface area contributed by atoms with E-state index in [2.05, 4.69) is 15.5 Å². The van der Waals surface area contributed by atoms with Crippen LogP contribution >= 0.6 is 0 Å². The Bertz CT molecular complexity index is 394. The Balaban J connectivity index is 2.06. The summed E-state index contributed by atoms with van der Waals surface area (Å²) >= 11 is 0.